The van der Waals surface area contributed by atoms with Crippen molar-refractivity contribution in [2.45, 2.75) is 30.5 Å². The molecular formula is C9H13N3O2S. The van der Waals surface area contributed by atoms with Crippen molar-refractivity contribution in [2.75, 3.05) is 0 Å². The Morgan fingerprint density at radius 3 is 2.87 bits per heavy atom. The van der Waals surface area contributed by atoms with Gasteiger partial charge < -0.3 is 5.32 Å². The molecule has 1 aliphatic rings. The minimum Gasteiger partial charge on any atom is -0.310 e. The van der Waals surface area contributed by atoms with E-state index in [0.29, 0.717) is 12.6 Å². The Balaban J connectivity index is 2.11. The Kier molecular flexibility index (Phi) is 2.72. The molecule has 0 radical (unpaired) electrons. The monoisotopic (exact) mass is 227 g/mol. The van der Waals surface area contributed by atoms with Crippen LogP contribution in [-0.4, -0.2) is 19.4 Å². The van der Waals surface area contributed by atoms with Gasteiger partial charge >= 0.3 is 0 Å². The minimum atomic E-state index is -3.69. The van der Waals surface area contributed by atoms with Crippen molar-refractivity contribution in [3.05, 3.63) is 23.9 Å². The predicted octanol–water partition coefficient (Wildman–Crippen LogP) is -0.0190. The molecule has 0 spiro atoms. The lowest BCUT2D eigenvalue weighted by molar-refractivity contribution is 0.593. The number of sulfonamides is 1. The first kappa shape index (κ1) is 10.5. The molecule has 0 saturated heterocycles. The van der Waals surface area contributed by atoms with Crippen LogP contribution in [0.3, 0.4) is 0 Å². The van der Waals surface area contributed by atoms with Crippen LogP contribution in [-0.2, 0) is 16.6 Å². The summed E-state index contributed by atoms with van der Waals surface area (Å²) in [5, 5.41) is 8.20. The Hall–Kier alpha value is -0.980. The van der Waals surface area contributed by atoms with Gasteiger partial charge in [-0.25, -0.2) is 18.5 Å². The summed E-state index contributed by atoms with van der Waals surface area (Å²) in [6.45, 7) is 0.662. The van der Waals surface area contributed by atoms with E-state index in [1.165, 1.54) is 25.1 Å². The van der Waals surface area contributed by atoms with Gasteiger partial charge in [-0.3, -0.25) is 0 Å². The van der Waals surface area contributed by atoms with E-state index >= 15 is 0 Å². The van der Waals surface area contributed by atoms with Gasteiger partial charge in [0.25, 0.3) is 10.0 Å². The van der Waals surface area contributed by atoms with Crippen LogP contribution in [0.5, 0.6) is 0 Å². The van der Waals surface area contributed by atoms with E-state index in [1.807, 2.05) is 0 Å². The molecule has 1 aliphatic carbocycles. The molecule has 0 aromatic carbocycles. The Morgan fingerprint density at radius 2 is 2.27 bits per heavy atom. The molecule has 0 amide bonds. The fourth-order valence-electron chi connectivity index (χ4n) is 1.27. The van der Waals surface area contributed by atoms with Gasteiger partial charge in [-0.05, 0) is 30.5 Å². The highest BCUT2D eigenvalue weighted by atomic mass is 32.2. The lowest BCUT2D eigenvalue weighted by Crippen LogP contribution is -2.17. The van der Waals surface area contributed by atoms with Crippen LogP contribution in [0.1, 0.15) is 18.4 Å². The first-order valence-corrected chi connectivity index (χ1v) is 6.31. The standard InChI is InChI=1S/C9H13N3O2S/c10-15(13,14)9-5-7(3-4-11-9)6-12-8-1-2-8/h3-5,8,12H,1-2,6H2,(H2,10,13,14). The molecule has 1 heterocycles. The third kappa shape index (κ3) is 2.98. The third-order valence-corrected chi connectivity index (χ3v) is 3.07. The molecule has 0 atom stereocenters. The van der Waals surface area contributed by atoms with E-state index in [1.54, 1.807) is 6.07 Å². The number of rotatable bonds is 4. The van der Waals surface area contributed by atoms with Crippen LogP contribution < -0.4 is 10.5 Å². The van der Waals surface area contributed by atoms with Gasteiger partial charge in [0.15, 0.2) is 5.03 Å². The van der Waals surface area contributed by atoms with E-state index in [2.05, 4.69) is 10.3 Å². The van der Waals surface area contributed by atoms with Gasteiger partial charge in [0.2, 0.25) is 0 Å². The molecule has 0 aliphatic heterocycles. The number of primary sulfonamides is 1. The van der Waals surface area contributed by atoms with Crippen LogP contribution in [0.15, 0.2) is 23.4 Å². The first-order valence-electron chi connectivity index (χ1n) is 4.77. The number of nitrogens with one attached hydrogen (secondary N) is 1. The van der Waals surface area contributed by atoms with E-state index in [9.17, 15) is 8.42 Å². The van der Waals surface area contributed by atoms with Crippen LogP contribution in [0.25, 0.3) is 0 Å². The van der Waals surface area contributed by atoms with Gasteiger partial charge in [0.05, 0.1) is 0 Å². The Labute approximate surface area is 88.8 Å². The van der Waals surface area contributed by atoms with Crippen molar-refractivity contribution >= 4 is 10.0 Å². The molecular weight excluding hydrogens is 214 g/mol. The summed E-state index contributed by atoms with van der Waals surface area (Å²) in [6, 6.07) is 3.88. The fourth-order valence-corrected chi connectivity index (χ4v) is 1.79. The van der Waals surface area contributed by atoms with Crippen molar-refractivity contribution in [3.8, 4) is 0 Å². The Bertz CT molecular complexity index is 454. The summed E-state index contributed by atoms with van der Waals surface area (Å²) in [7, 11) is -3.69. The van der Waals surface area contributed by atoms with Gasteiger partial charge in [-0.1, -0.05) is 0 Å². The summed E-state index contributed by atoms with van der Waals surface area (Å²) >= 11 is 0. The van der Waals surface area contributed by atoms with Crippen molar-refractivity contribution in [1.82, 2.24) is 10.3 Å². The third-order valence-electron chi connectivity index (χ3n) is 2.26. The zero-order valence-electron chi connectivity index (χ0n) is 8.18. The zero-order chi connectivity index (χ0) is 10.9. The second-order valence-electron chi connectivity index (χ2n) is 3.70. The van der Waals surface area contributed by atoms with Crippen LogP contribution in [0.4, 0.5) is 0 Å². The summed E-state index contributed by atoms with van der Waals surface area (Å²) < 4.78 is 22.1. The van der Waals surface area contributed by atoms with E-state index in [0.717, 1.165) is 5.56 Å². The summed E-state index contributed by atoms with van der Waals surface area (Å²) in [6.07, 6.45) is 3.86. The average Bonchev–Trinajstić information content (AvgIpc) is 2.97. The number of nitrogens with two attached hydrogens (primary N) is 1. The highest BCUT2D eigenvalue weighted by molar-refractivity contribution is 7.89. The highest BCUT2D eigenvalue weighted by Gasteiger charge is 2.20. The maximum atomic E-state index is 11.0. The van der Waals surface area contributed by atoms with Gasteiger partial charge in [-0.2, -0.15) is 0 Å². The minimum absolute atomic E-state index is 0.0717. The number of hydrogen-bond acceptors (Lipinski definition) is 4. The Morgan fingerprint density at radius 1 is 1.53 bits per heavy atom. The SMILES string of the molecule is NS(=O)(=O)c1cc(CNC2CC2)ccn1. The first-order chi connectivity index (χ1) is 7.05. The van der Waals surface area contributed by atoms with Crippen LogP contribution in [0, 0.1) is 0 Å². The molecule has 1 fully saturated rings. The topological polar surface area (TPSA) is 85.1 Å². The van der Waals surface area contributed by atoms with Crippen LogP contribution >= 0.6 is 0 Å². The zero-order valence-corrected chi connectivity index (χ0v) is 9.00. The molecule has 1 saturated carbocycles. The second-order valence-corrected chi connectivity index (χ2v) is 5.21. The van der Waals surface area contributed by atoms with Crippen molar-refractivity contribution in [1.29, 1.82) is 0 Å². The summed E-state index contributed by atoms with van der Waals surface area (Å²) in [5.41, 5.74) is 0.890. The number of aromatic nitrogens is 1. The predicted molar refractivity (Wildman–Crippen MR) is 55.5 cm³/mol. The lowest BCUT2D eigenvalue weighted by atomic mass is 10.3. The van der Waals surface area contributed by atoms with Gasteiger partial charge in [-0.15, -0.1) is 0 Å². The lowest BCUT2D eigenvalue weighted by Gasteiger charge is -2.04. The highest BCUT2D eigenvalue weighted by Crippen LogP contribution is 2.19. The van der Waals surface area contributed by atoms with Crippen molar-refractivity contribution in [2.24, 2.45) is 5.14 Å². The second kappa shape index (κ2) is 3.88. The van der Waals surface area contributed by atoms with Crippen LogP contribution in [0.2, 0.25) is 0 Å². The molecule has 2 rings (SSSR count). The number of pyridine rings is 1. The normalized spacial score (nSPS) is 16.6. The molecule has 5 nitrogen and oxygen atoms in total. The molecule has 0 unspecified atom stereocenters. The van der Waals surface area contributed by atoms with E-state index < -0.39 is 10.0 Å². The number of nitrogens with zero attached hydrogens (tertiary/aromatic N) is 1. The quantitative estimate of drug-likeness (QED) is 0.757. The fraction of sp³-hybridized carbons (Fsp3) is 0.444. The molecule has 82 valence electrons. The molecule has 0 bridgehead atoms. The van der Waals surface area contributed by atoms with Gasteiger partial charge in [0.1, 0.15) is 0 Å². The van der Waals surface area contributed by atoms with E-state index in [-0.39, 0.29) is 5.03 Å². The van der Waals surface area contributed by atoms with Crippen molar-refractivity contribution in [3.63, 3.8) is 0 Å². The largest absolute Gasteiger partial charge is 0.310 e. The summed E-state index contributed by atoms with van der Waals surface area (Å²) in [5.74, 6) is 0. The molecule has 6 heteroatoms. The maximum Gasteiger partial charge on any atom is 0.255 e. The summed E-state index contributed by atoms with van der Waals surface area (Å²) in [4.78, 5) is 3.71. The molecule has 1 aromatic heterocycles. The average molecular weight is 227 g/mol. The maximum absolute atomic E-state index is 11.0. The number of hydrogen-bond donors (Lipinski definition) is 2. The van der Waals surface area contributed by atoms with E-state index in [4.69, 9.17) is 5.14 Å². The molecule has 3 N–H and O–H groups in total. The smallest absolute Gasteiger partial charge is 0.255 e. The molecule has 1 aromatic rings. The van der Waals surface area contributed by atoms with Gasteiger partial charge in [0, 0.05) is 18.8 Å². The molecule has 15 heavy (non-hydrogen) atoms. The van der Waals surface area contributed by atoms with Crippen molar-refractivity contribution < 1.29 is 8.42 Å².